The van der Waals surface area contributed by atoms with Crippen LogP contribution in [0.25, 0.3) is 11.4 Å². The largest absolute Gasteiger partial charge is 0.493 e. The maximum absolute atomic E-state index is 5.55. The van der Waals surface area contributed by atoms with Crippen LogP contribution in [0.2, 0.25) is 0 Å². The van der Waals surface area contributed by atoms with Crippen LogP contribution in [0, 0.1) is 5.41 Å². The van der Waals surface area contributed by atoms with E-state index in [0.29, 0.717) is 28.7 Å². The fourth-order valence-corrected chi connectivity index (χ4v) is 3.64. The summed E-state index contributed by atoms with van der Waals surface area (Å²) in [5.41, 5.74) is 1.27. The molecule has 6 heteroatoms. The first kappa shape index (κ1) is 14.5. The van der Waals surface area contributed by atoms with E-state index >= 15 is 0 Å². The minimum absolute atomic E-state index is 0.395. The average molecular weight is 315 g/mol. The highest BCUT2D eigenvalue weighted by Gasteiger charge is 2.57. The first-order chi connectivity index (χ1) is 11.3. The van der Waals surface area contributed by atoms with Crippen LogP contribution >= 0.6 is 0 Å². The Balaban J connectivity index is 1.57. The molecule has 0 amide bonds. The molecule has 1 atom stereocenters. The molecule has 2 fully saturated rings. The van der Waals surface area contributed by atoms with Crippen molar-refractivity contribution in [3.63, 3.8) is 0 Å². The van der Waals surface area contributed by atoms with Crippen molar-refractivity contribution >= 4 is 0 Å². The normalized spacial score (nSPS) is 22.1. The maximum atomic E-state index is 5.55. The smallest absolute Gasteiger partial charge is 0.230 e. The molecule has 1 spiro atoms. The highest BCUT2D eigenvalue weighted by atomic mass is 16.5. The summed E-state index contributed by atoms with van der Waals surface area (Å²) in [6, 6.07) is 5.65. The number of nitrogens with zero attached hydrogens (tertiary/aromatic N) is 2. The minimum Gasteiger partial charge on any atom is -0.493 e. The van der Waals surface area contributed by atoms with Gasteiger partial charge in [0.2, 0.25) is 11.7 Å². The van der Waals surface area contributed by atoms with E-state index in [1.54, 1.807) is 14.2 Å². The summed E-state index contributed by atoms with van der Waals surface area (Å²) in [6.07, 6.45) is 3.57. The van der Waals surface area contributed by atoms with Crippen LogP contribution in [-0.4, -0.2) is 37.4 Å². The van der Waals surface area contributed by atoms with E-state index in [4.69, 9.17) is 14.0 Å². The van der Waals surface area contributed by atoms with E-state index in [1.807, 2.05) is 18.2 Å². The van der Waals surface area contributed by atoms with Crippen LogP contribution in [0.4, 0.5) is 0 Å². The van der Waals surface area contributed by atoms with Crippen molar-refractivity contribution in [2.75, 3.05) is 27.3 Å². The Morgan fingerprint density at radius 3 is 2.70 bits per heavy atom. The van der Waals surface area contributed by atoms with Gasteiger partial charge in [0.1, 0.15) is 0 Å². The molecule has 0 radical (unpaired) electrons. The van der Waals surface area contributed by atoms with E-state index in [9.17, 15) is 0 Å². The van der Waals surface area contributed by atoms with Crippen LogP contribution in [-0.2, 0) is 0 Å². The number of ether oxygens (including phenoxy) is 2. The summed E-state index contributed by atoms with van der Waals surface area (Å²) in [5.74, 6) is 3.16. The zero-order valence-electron chi connectivity index (χ0n) is 13.5. The molecule has 1 N–H and O–H groups in total. The van der Waals surface area contributed by atoms with Gasteiger partial charge in [-0.25, -0.2) is 0 Å². The van der Waals surface area contributed by atoms with E-state index in [-0.39, 0.29) is 0 Å². The zero-order chi connectivity index (χ0) is 15.9. The van der Waals surface area contributed by atoms with Gasteiger partial charge in [-0.1, -0.05) is 5.16 Å². The van der Waals surface area contributed by atoms with E-state index in [0.717, 1.165) is 24.5 Å². The Labute approximate surface area is 135 Å². The van der Waals surface area contributed by atoms with Crippen molar-refractivity contribution in [2.45, 2.75) is 25.2 Å². The van der Waals surface area contributed by atoms with Gasteiger partial charge >= 0.3 is 0 Å². The lowest BCUT2D eigenvalue weighted by atomic mass is 9.92. The summed E-state index contributed by atoms with van der Waals surface area (Å²) in [4.78, 5) is 4.63. The average Bonchev–Trinajstić information content (AvgIpc) is 3.07. The highest BCUT2D eigenvalue weighted by molar-refractivity contribution is 5.60. The fourth-order valence-electron chi connectivity index (χ4n) is 3.64. The molecular formula is C17H21N3O3. The Kier molecular flexibility index (Phi) is 3.49. The predicted molar refractivity (Wildman–Crippen MR) is 84.7 cm³/mol. The standard InChI is InChI=1S/C17H21N3O3/c1-21-13-4-3-11(9-14(13)22-2)15-19-16(23-20-15)12-10-17(12)5-7-18-8-6-17/h3-4,9,12,18H,5-8,10H2,1-2H3. The number of rotatable bonds is 4. The number of hydrogen-bond donors (Lipinski definition) is 1. The van der Waals surface area contributed by atoms with Crippen molar-refractivity contribution in [1.29, 1.82) is 0 Å². The molecule has 2 aliphatic rings. The molecule has 1 saturated heterocycles. The number of nitrogens with one attached hydrogen (secondary N) is 1. The van der Waals surface area contributed by atoms with Crippen LogP contribution in [0.1, 0.15) is 31.1 Å². The van der Waals surface area contributed by atoms with Crippen LogP contribution in [0.3, 0.4) is 0 Å². The third-order valence-corrected chi connectivity index (χ3v) is 5.17. The summed E-state index contributed by atoms with van der Waals surface area (Å²) in [5, 5.41) is 7.57. The summed E-state index contributed by atoms with van der Waals surface area (Å²) < 4.78 is 16.1. The van der Waals surface area contributed by atoms with E-state index < -0.39 is 0 Å². The number of methoxy groups -OCH3 is 2. The quantitative estimate of drug-likeness (QED) is 0.935. The highest BCUT2D eigenvalue weighted by Crippen LogP contribution is 2.63. The lowest BCUT2D eigenvalue weighted by Gasteiger charge is -2.22. The van der Waals surface area contributed by atoms with Gasteiger partial charge in [0.15, 0.2) is 11.5 Å². The molecule has 23 heavy (non-hydrogen) atoms. The number of aromatic nitrogens is 2. The van der Waals surface area contributed by atoms with Gasteiger partial charge in [-0.15, -0.1) is 0 Å². The number of benzene rings is 1. The van der Waals surface area contributed by atoms with Crippen molar-refractivity contribution in [3.05, 3.63) is 24.1 Å². The molecule has 6 nitrogen and oxygen atoms in total. The second-order valence-corrected chi connectivity index (χ2v) is 6.40. The lowest BCUT2D eigenvalue weighted by molar-refractivity contribution is 0.311. The molecule has 2 heterocycles. The van der Waals surface area contributed by atoms with Crippen LogP contribution in [0.5, 0.6) is 11.5 Å². The molecule has 1 aliphatic carbocycles. The maximum Gasteiger partial charge on any atom is 0.230 e. The van der Waals surface area contributed by atoms with Gasteiger partial charge in [-0.05, 0) is 56.0 Å². The fraction of sp³-hybridized carbons (Fsp3) is 0.529. The first-order valence-corrected chi connectivity index (χ1v) is 8.02. The summed E-state index contributed by atoms with van der Waals surface area (Å²) in [6.45, 7) is 2.18. The topological polar surface area (TPSA) is 69.4 Å². The van der Waals surface area contributed by atoms with Crippen molar-refractivity contribution in [3.8, 4) is 22.9 Å². The first-order valence-electron chi connectivity index (χ1n) is 8.02. The van der Waals surface area contributed by atoms with Gasteiger partial charge in [-0.3, -0.25) is 0 Å². The van der Waals surface area contributed by atoms with Crippen molar-refractivity contribution in [2.24, 2.45) is 5.41 Å². The molecule has 122 valence electrons. The zero-order valence-corrected chi connectivity index (χ0v) is 13.5. The van der Waals surface area contributed by atoms with Crippen LogP contribution in [0.15, 0.2) is 22.7 Å². The Morgan fingerprint density at radius 1 is 1.17 bits per heavy atom. The summed E-state index contributed by atoms with van der Waals surface area (Å²) >= 11 is 0. The van der Waals surface area contributed by atoms with E-state index in [2.05, 4.69) is 15.5 Å². The number of hydrogen-bond acceptors (Lipinski definition) is 6. The predicted octanol–water partition coefficient (Wildman–Crippen LogP) is 2.61. The van der Waals surface area contributed by atoms with Crippen LogP contribution < -0.4 is 14.8 Å². The third-order valence-electron chi connectivity index (χ3n) is 5.17. The van der Waals surface area contributed by atoms with E-state index in [1.165, 1.54) is 19.3 Å². The molecule has 1 unspecified atom stereocenters. The minimum atomic E-state index is 0.395. The second kappa shape index (κ2) is 5.53. The van der Waals surface area contributed by atoms with Gasteiger partial charge in [0.25, 0.3) is 0 Å². The Morgan fingerprint density at radius 2 is 1.96 bits per heavy atom. The number of piperidine rings is 1. The molecule has 1 saturated carbocycles. The molecule has 4 rings (SSSR count). The van der Waals surface area contributed by atoms with Gasteiger partial charge in [0, 0.05) is 11.5 Å². The second-order valence-electron chi connectivity index (χ2n) is 6.40. The molecule has 1 aliphatic heterocycles. The molecule has 0 bridgehead atoms. The molecule has 1 aromatic carbocycles. The van der Waals surface area contributed by atoms with Crippen molar-refractivity contribution < 1.29 is 14.0 Å². The molecule has 2 aromatic rings. The molecule has 1 aromatic heterocycles. The Bertz CT molecular complexity index is 707. The summed E-state index contributed by atoms with van der Waals surface area (Å²) in [7, 11) is 3.24. The lowest BCUT2D eigenvalue weighted by Crippen LogP contribution is -2.29. The SMILES string of the molecule is COc1ccc(-c2noc(C3CC34CCNCC4)n2)cc1OC. The van der Waals surface area contributed by atoms with Gasteiger partial charge in [-0.2, -0.15) is 4.98 Å². The van der Waals surface area contributed by atoms with Gasteiger partial charge < -0.3 is 19.3 Å². The Hall–Kier alpha value is -2.08. The van der Waals surface area contributed by atoms with Crippen molar-refractivity contribution in [1.82, 2.24) is 15.5 Å². The van der Waals surface area contributed by atoms with Gasteiger partial charge in [0.05, 0.1) is 14.2 Å². The molecular weight excluding hydrogens is 294 g/mol. The third kappa shape index (κ3) is 2.47. The monoisotopic (exact) mass is 315 g/mol.